The first kappa shape index (κ1) is 13.9. The van der Waals surface area contributed by atoms with Crippen LogP contribution in [-0.2, 0) is 11.2 Å². The number of rotatable bonds is 5. The van der Waals surface area contributed by atoms with E-state index in [1.165, 1.54) is 12.3 Å². The van der Waals surface area contributed by atoms with E-state index < -0.39 is 17.9 Å². The number of para-hydroxylation sites is 1. The van der Waals surface area contributed by atoms with Gasteiger partial charge in [0.05, 0.1) is 6.26 Å². The van der Waals surface area contributed by atoms with Crippen LogP contribution in [-0.4, -0.2) is 28.0 Å². The molecule has 3 N–H and O–H groups in total. The second-order valence-corrected chi connectivity index (χ2v) is 4.91. The highest BCUT2D eigenvalue weighted by Crippen LogP contribution is 2.19. The zero-order valence-corrected chi connectivity index (χ0v) is 11.6. The molecule has 1 amide bonds. The number of fused-ring (bicyclic) bond motifs is 1. The minimum absolute atomic E-state index is 0.0881. The number of hydrogen-bond donors (Lipinski definition) is 3. The molecule has 2 aromatic heterocycles. The van der Waals surface area contributed by atoms with Crippen LogP contribution in [0.5, 0.6) is 0 Å². The number of aliphatic carboxylic acids is 1. The van der Waals surface area contributed by atoms with Crippen molar-refractivity contribution in [3.63, 3.8) is 0 Å². The largest absolute Gasteiger partial charge is 0.480 e. The van der Waals surface area contributed by atoms with Crippen LogP contribution in [0.4, 0.5) is 0 Å². The molecular formula is C16H14N2O4. The lowest BCUT2D eigenvalue weighted by molar-refractivity contribution is -0.139. The first-order chi connectivity index (χ1) is 10.6. The summed E-state index contributed by atoms with van der Waals surface area (Å²) < 4.78 is 4.97. The monoisotopic (exact) mass is 298 g/mol. The van der Waals surface area contributed by atoms with Gasteiger partial charge in [0, 0.05) is 23.5 Å². The Morgan fingerprint density at radius 2 is 2.05 bits per heavy atom. The van der Waals surface area contributed by atoms with Crippen LogP contribution in [0, 0.1) is 0 Å². The first-order valence-corrected chi connectivity index (χ1v) is 6.77. The van der Waals surface area contributed by atoms with Crippen molar-refractivity contribution >= 4 is 22.8 Å². The van der Waals surface area contributed by atoms with E-state index in [9.17, 15) is 14.7 Å². The number of carbonyl (C=O) groups excluding carboxylic acids is 1. The Morgan fingerprint density at radius 3 is 2.77 bits per heavy atom. The maximum atomic E-state index is 11.9. The fraction of sp³-hybridized carbons (Fsp3) is 0.125. The van der Waals surface area contributed by atoms with Gasteiger partial charge in [0.25, 0.3) is 5.91 Å². The van der Waals surface area contributed by atoms with Crippen LogP contribution in [0.3, 0.4) is 0 Å². The molecule has 0 aliphatic rings. The van der Waals surface area contributed by atoms with Crippen molar-refractivity contribution in [2.75, 3.05) is 0 Å². The molecule has 112 valence electrons. The lowest BCUT2D eigenvalue weighted by Crippen LogP contribution is -2.42. The molecular weight excluding hydrogens is 284 g/mol. The number of aromatic nitrogens is 1. The van der Waals surface area contributed by atoms with Crippen molar-refractivity contribution in [3.8, 4) is 0 Å². The van der Waals surface area contributed by atoms with Crippen molar-refractivity contribution in [1.82, 2.24) is 10.3 Å². The molecule has 3 aromatic rings. The highest BCUT2D eigenvalue weighted by Gasteiger charge is 2.23. The molecule has 6 nitrogen and oxygen atoms in total. The fourth-order valence-electron chi connectivity index (χ4n) is 2.36. The zero-order valence-electron chi connectivity index (χ0n) is 11.6. The number of carboxylic acids is 1. The molecule has 0 bridgehead atoms. The molecule has 2 heterocycles. The molecule has 0 aliphatic heterocycles. The number of furan rings is 1. The number of carboxylic acid groups (broad SMARTS) is 1. The van der Waals surface area contributed by atoms with Gasteiger partial charge in [-0.15, -0.1) is 0 Å². The van der Waals surface area contributed by atoms with Gasteiger partial charge in [0.1, 0.15) is 6.04 Å². The van der Waals surface area contributed by atoms with E-state index >= 15 is 0 Å². The van der Waals surface area contributed by atoms with Crippen LogP contribution >= 0.6 is 0 Å². The van der Waals surface area contributed by atoms with Gasteiger partial charge < -0.3 is 19.8 Å². The van der Waals surface area contributed by atoms with Gasteiger partial charge in [-0.2, -0.15) is 0 Å². The summed E-state index contributed by atoms with van der Waals surface area (Å²) in [7, 11) is 0. The summed E-state index contributed by atoms with van der Waals surface area (Å²) in [5.41, 5.74) is 1.77. The van der Waals surface area contributed by atoms with Crippen molar-refractivity contribution in [2.45, 2.75) is 12.5 Å². The Kier molecular flexibility index (Phi) is 3.65. The van der Waals surface area contributed by atoms with Gasteiger partial charge in [-0.3, -0.25) is 4.79 Å². The molecule has 0 saturated heterocycles. The molecule has 3 rings (SSSR count). The molecule has 0 spiro atoms. The Balaban J connectivity index is 1.80. The third kappa shape index (κ3) is 2.71. The van der Waals surface area contributed by atoms with E-state index in [1.54, 1.807) is 12.3 Å². The van der Waals surface area contributed by atoms with Gasteiger partial charge in [0.2, 0.25) is 0 Å². The summed E-state index contributed by atoms with van der Waals surface area (Å²) in [5, 5.41) is 12.8. The maximum Gasteiger partial charge on any atom is 0.326 e. The highest BCUT2D eigenvalue weighted by atomic mass is 16.4. The number of aromatic amines is 1. The summed E-state index contributed by atoms with van der Waals surface area (Å²) in [5.74, 6) is -1.55. The number of carbonyl (C=O) groups is 2. The second kappa shape index (κ2) is 5.77. The van der Waals surface area contributed by atoms with Gasteiger partial charge in [-0.25, -0.2) is 4.79 Å². The van der Waals surface area contributed by atoms with Crippen molar-refractivity contribution in [1.29, 1.82) is 0 Å². The average molecular weight is 298 g/mol. The molecule has 6 heteroatoms. The van der Waals surface area contributed by atoms with E-state index in [0.717, 1.165) is 16.5 Å². The van der Waals surface area contributed by atoms with E-state index in [4.69, 9.17) is 4.42 Å². The average Bonchev–Trinajstić information content (AvgIpc) is 3.16. The predicted octanol–water partition coefficient (Wildman–Crippen LogP) is 2.19. The molecule has 0 saturated carbocycles. The number of benzene rings is 1. The third-order valence-electron chi connectivity index (χ3n) is 3.45. The standard InChI is InChI=1S/C16H14N2O4/c19-15(14-6-3-7-22-14)18-13(16(20)21)8-10-9-17-12-5-2-1-4-11(10)12/h1-7,9,13,17H,8H2,(H,18,19)(H,20,21)/t13-/m1/s1. The normalized spacial score (nSPS) is 12.2. The SMILES string of the molecule is O=C(N[C@H](Cc1c[nH]c2ccccc12)C(=O)O)c1ccco1. The lowest BCUT2D eigenvalue weighted by Gasteiger charge is -2.13. The van der Waals surface area contributed by atoms with Gasteiger partial charge in [0.15, 0.2) is 5.76 Å². The molecule has 1 atom stereocenters. The van der Waals surface area contributed by atoms with Crippen LogP contribution in [0.25, 0.3) is 10.9 Å². The smallest absolute Gasteiger partial charge is 0.326 e. The summed E-state index contributed by atoms with van der Waals surface area (Å²) in [6.07, 6.45) is 3.32. The quantitative estimate of drug-likeness (QED) is 0.673. The van der Waals surface area contributed by atoms with Crippen LogP contribution < -0.4 is 5.32 Å². The minimum atomic E-state index is -1.09. The summed E-state index contributed by atoms with van der Waals surface area (Å²) in [6, 6.07) is 9.64. The van der Waals surface area contributed by atoms with E-state index in [1.807, 2.05) is 24.3 Å². The maximum absolute atomic E-state index is 11.9. The van der Waals surface area contributed by atoms with Crippen LogP contribution in [0.15, 0.2) is 53.3 Å². The van der Waals surface area contributed by atoms with E-state index in [-0.39, 0.29) is 12.2 Å². The first-order valence-electron chi connectivity index (χ1n) is 6.77. The topological polar surface area (TPSA) is 95.3 Å². The van der Waals surface area contributed by atoms with Crippen molar-refractivity contribution < 1.29 is 19.1 Å². The van der Waals surface area contributed by atoms with Crippen molar-refractivity contribution in [2.24, 2.45) is 0 Å². The fourth-order valence-corrected chi connectivity index (χ4v) is 2.36. The molecule has 1 aromatic carbocycles. The van der Waals surface area contributed by atoms with Gasteiger partial charge in [-0.1, -0.05) is 18.2 Å². The molecule has 0 unspecified atom stereocenters. The van der Waals surface area contributed by atoms with Crippen LogP contribution in [0.2, 0.25) is 0 Å². The Labute approximate surface area is 125 Å². The number of amides is 1. The van der Waals surface area contributed by atoms with Gasteiger partial charge >= 0.3 is 5.97 Å². The summed E-state index contributed by atoms with van der Waals surface area (Å²) in [4.78, 5) is 26.4. The number of nitrogens with one attached hydrogen (secondary N) is 2. The van der Waals surface area contributed by atoms with Crippen LogP contribution in [0.1, 0.15) is 16.1 Å². The number of H-pyrrole nitrogens is 1. The molecule has 0 radical (unpaired) electrons. The minimum Gasteiger partial charge on any atom is -0.480 e. The highest BCUT2D eigenvalue weighted by molar-refractivity contribution is 5.94. The molecule has 0 aliphatic carbocycles. The summed E-state index contributed by atoms with van der Waals surface area (Å²) in [6.45, 7) is 0. The molecule has 0 fully saturated rings. The lowest BCUT2D eigenvalue weighted by atomic mass is 10.0. The van der Waals surface area contributed by atoms with Gasteiger partial charge in [-0.05, 0) is 23.8 Å². The molecule has 22 heavy (non-hydrogen) atoms. The predicted molar refractivity (Wildman–Crippen MR) is 79.6 cm³/mol. The Hall–Kier alpha value is -3.02. The summed E-state index contributed by atoms with van der Waals surface area (Å²) >= 11 is 0. The zero-order chi connectivity index (χ0) is 15.5. The Bertz CT molecular complexity index is 805. The Morgan fingerprint density at radius 1 is 1.23 bits per heavy atom. The van der Waals surface area contributed by atoms with Crippen molar-refractivity contribution in [3.05, 3.63) is 60.2 Å². The van der Waals surface area contributed by atoms with E-state index in [0.29, 0.717) is 0 Å². The second-order valence-electron chi connectivity index (χ2n) is 4.91. The number of hydrogen-bond acceptors (Lipinski definition) is 3. The van der Waals surface area contributed by atoms with E-state index in [2.05, 4.69) is 10.3 Å². The third-order valence-corrected chi connectivity index (χ3v) is 3.45.